The first-order valence-corrected chi connectivity index (χ1v) is 8.36. The molecule has 1 aromatic heterocycles. The van der Waals surface area contributed by atoms with Gasteiger partial charge >= 0.3 is 0 Å². The van der Waals surface area contributed by atoms with Crippen molar-refractivity contribution in [2.45, 2.75) is 20.8 Å². The zero-order chi connectivity index (χ0) is 16.7. The molecule has 0 aliphatic heterocycles. The maximum absolute atomic E-state index is 13.6. The number of hydrogen-bond donors (Lipinski definition) is 0. The van der Waals surface area contributed by atoms with E-state index >= 15 is 0 Å². The lowest BCUT2D eigenvalue weighted by molar-refractivity contribution is 0.625. The first-order chi connectivity index (χ1) is 10.9. The molecule has 0 atom stereocenters. The van der Waals surface area contributed by atoms with Crippen molar-refractivity contribution >= 4 is 33.1 Å². The summed E-state index contributed by atoms with van der Waals surface area (Å²) in [7, 11) is 0. The number of aryl methyl sites for hydroxylation is 3. The lowest BCUT2D eigenvalue weighted by Gasteiger charge is -2.13. The van der Waals surface area contributed by atoms with E-state index in [4.69, 9.17) is 0 Å². The van der Waals surface area contributed by atoms with Crippen LogP contribution >= 0.6 is 11.3 Å². The maximum atomic E-state index is 13.6. The Kier molecular flexibility index (Phi) is 3.95. The number of fused-ring (bicyclic) bond motifs is 1. The second-order valence-corrected chi connectivity index (χ2v) is 6.96. The van der Waals surface area contributed by atoms with E-state index in [1.54, 1.807) is 23.5 Å². The van der Waals surface area contributed by atoms with E-state index in [0.717, 1.165) is 27.8 Å². The van der Waals surface area contributed by atoms with E-state index in [1.165, 1.54) is 20.5 Å². The average molecular weight is 322 g/mol. The van der Waals surface area contributed by atoms with Gasteiger partial charge < -0.3 is 0 Å². The number of halogens is 1. The Hall–Kier alpha value is -2.19. The van der Waals surface area contributed by atoms with Gasteiger partial charge in [-0.25, -0.2) is 4.39 Å². The first kappa shape index (κ1) is 15.7. The van der Waals surface area contributed by atoms with Crippen LogP contribution in [-0.4, -0.2) is 0 Å². The van der Waals surface area contributed by atoms with Crippen LogP contribution in [0.2, 0.25) is 0 Å². The van der Waals surface area contributed by atoms with Crippen molar-refractivity contribution in [3.8, 4) is 0 Å². The highest BCUT2D eigenvalue weighted by atomic mass is 32.1. The van der Waals surface area contributed by atoms with E-state index < -0.39 is 0 Å². The van der Waals surface area contributed by atoms with Crippen molar-refractivity contribution < 1.29 is 4.39 Å². The van der Waals surface area contributed by atoms with Crippen molar-refractivity contribution in [2.75, 3.05) is 0 Å². The lowest BCUT2D eigenvalue weighted by atomic mass is 9.94. The van der Waals surface area contributed by atoms with Crippen molar-refractivity contribution in [3.05, 3.63) is 82.0 Å². The van der Waals surface area contributed by atoms with E-state index in [1.807, 2.05) is 19.9 Å². The Balaban J connectivity index is 2.19. The Bertz CT molecular complexity index is 921. The van der Waals surface area contributed by atoms with E-state index in [-0.39, 0.29) is 5.82 Å². The van der Waals surface area contributed by atoms with Crippen LogP contribution in [0, 0.1) is 26.6 Å². The minimum Gasteiger partial charge on any atom is -0.207 e. The van der Waals surface area contributed by atoms with Gasteiger partial charge in [-0.1, -0.05) is 31.4 Å². The molecule has 0 radical (unpaired) electrons. The van der Waals surface area contributed by atoms with Gasteiger partial charge in [0.15, 0.2) is 0 Å². The van der Waals surface area contributed by atoms with Gasteiger partial charge in [0.25, 0.3) is 0 Å². The smallest absolute Gasteiger partial charge is 0.123 e. The Morgan fingerprint density at radius 2 is 1.74 bits per heavy atom. The molecule has 0 fully saturated rings. The van der Waals surface area contributed by atoms with Gasteiger partial charge in [0.2, 0.25) is 0 Å². The third kappa shape index (κ3) is 2.64. The zero-order valence-corrected chi connectivity index (χ0v) is 14.5. The molecule has 23 heavy (non-hydrogen) atoms. The zero-order valence-electron chi connectivity index (χ0n) is 13.7. The fourth-order valence-electron chi connectivity index (χ4n) is 3.16. The molecule has 0 aliphatic carbocycles. The molecule has 2 aromatic carbocycles. The molecule has 3 rings (SSSR count). The molecule has 0 saturated carbocycles. The largest absolute Gasteiger partial charge is 0.207 e. The fourth-order valence-corrected chi connectivity index (χ4v) is 4.39. The molecule has 0 bridgehead atoms. The second-order valence-electron chi connectivity index (χ2n) is 5.91. The molecular weight excluding hydrogens is 303 g/mol. The molecule has 3 aromatic rings. The van der Waals surface area contributed by atoms with Gasteiger partial charge in [0.05, 0.1) is 0 Å². The normalized spacial score (nSPS) is 11.0. The van der Waals surface area contributed by atoms with E-state index in [0.29, 0.717) is 0 Å². The number of benzene rings is 2. The van der Waals surface area contributed by atoms with Crippen LogP contribution in [-0.2, 0) is 0 Å². The summed E-state index contributed by atoms with van der Waals surface area (Å²) < 4.78 is 14.8. The van der Waals surface area contributed by atoms with Gasteiger partial charge in [0, 0.05) is 9.58 Å². The highest BCUT2D eigenvalue weighted by Gasteiger charge is 2.16. The molecule has 0 unspecified atom stereocenters. The SMILES string of the molecule is C=Cc1ccc2c(C)c(C(=C)c3c(C)cc(F)cc3C)sc2c1. The predicted octanol–water partition coefficient (Wildman–Crippen LogP) is 6.67. The van der Waals surface area contributed by atoms with E-state index in [2.05, 4.69) is 38.3 Å². The highest BCUT2D eigenvalue weighted by molar-refractivity contribution is 7.20. The molecule has 0 nitrogen and oxygen atoms in total. The highest BCUT2D eigenvalue weighted by Crippen LogP contribution is 2.39. The summed E-state index contributed by atoms with van der Waals surface area (Å²) >= 11 is 1.74. The minimum absolute atomic E-state index is 0.194. The molecule has 0 saturated heterocycles. The van der Waals surface area contributed by atoms with Crippen molar-refractivity contribution in [3.63, 3.8) is 0 Å². The van der Waals surface area contributed by atoms with Gasteiger partial charge in [-0.2, -0.15) is 0 Å². The van der Waals surface area contributed by atoms with Gasteiger partial charge in [-0.05, 0) is 77.7 Å². The maximum Gasteiger partial charge on any atom is 0.123 e. The third-order valence-electron chi connectivity index (χ3n) is 4.27. The molecule has 0 amide bonds. The van der Waals surface area contributed by atoms with E-state index in [9.17, 15) is 4.39 Å². The summed E-state index contributed by atoms with van der Waals surface area (Å²) in [5, 5.41) is 1.24. The van der Waals surface area contributed by atoms with Crippen molar-refractivity contribution in [2.24, 2.45) is 0 Å². The first-order valence-electron chi connectivity index (χ1n) is 7.54. The molecule has 0 spiro atoms. The minimum atomic E-state index is -0.194. The van der Waals surface area contributed by atoms with Crippen LogP contribution < -0.4 is 0 Å². The van der Waals surface area contributed by atoms with Crippen LogP contribution in [0.5, 0.6) is 0 Å². The van der Waals surface area contributed by atoms with Crippen LogP contribution in [0.3, 0.4) is 0 Å². The molecule has 0 N–H and O–H groups in total. The predicted molar refractivity (Wildman–Crippen MR) is 101 cm³/mol. The van der Waals surface area contributed by atoms with Crippen LogP contribution in [0.1, 0.15) is 32.7 Å². The summed E-state index contributed by atoms with van der Waals surface area (Å²) in [6.45, 7) is 14.2. The van der Waals surface area contributed by atoms with Gasteiger partial charge in [-0.15, -0.1) is 11.3 Å². The Labute approximate surface area is 140 Å². The average Bonchev–Trinajstić information content (AvgIpc) is 2.82. The van der Waals surface area contributed by atoms with Crippen LogP contribution in [0.4, 0.5) is 4.39 Å². The number of hydrogen-bond acceptors (Lipinski definition) is 1. The van der Waals surface area contributed by atoms with Crippen molar-refractivity contribution in [1.29, 1.82) is 0 Å². The summed E-state index contributed by atoms with van der Waals surface area (Å²) in [6, 6.07) is 9.52. The summed E-state index contributed by atoms with van der Waals surface area (Å²) in [6.07, 6.45) is 1.86. The summed E-state index contributed by atoms with van der Waals surface area (Å²) in [4.78, 5) is 1.17. The molecule has 116 valence electrons. The van der Waals surface area contributed by atoms with Gasteiger partial charge in [-0.3, -0.25) is 0 Å². The lowest BCUT2D eigenvalue weighted by Crippen LogP contribution is -1.95. The molecule has 2 heteroatoms. The Morgan fingerprint density at radius 3 is 2.35 bits per heavy atom. The van der Waals surface area contributed by atoms with Crippen molar-refractivity contribution in [1.82, 2.24) is 0 Å². The molecular formula is C21H19FS. The quantitative estimate of drug-likeness (QED) is 0.505. The number of thiophene rings is 1. The fraction of sp³-hybridized carbons (Fsp3) is 0.143. The second kappa shape index (κ2) is 5.78. The topological polar surface area (TPSA) is 0 Å². The van der Waals surface area contributed by atoms with Crippen LogP contribution in [0.25, 0.3) is 21.7 Å². The summed E-state index contributed by atoms with van der Waals surface area (Å²) in [5.74, 6) is -0.194. The molecule has 1 heterocycles. The van der Waals surface area contributed by atoms with Gasteiger partial charge in [0.1, 0.15) is 5.82 Å². The standard InChI is InChI=1S/C21H19FS/c1-6-16-7-8-18-14(4)21(23-19(18)11-16)15(5)20-12(2)9-17(22)10-13(20)3/h6-11H,1,5H2,2-4H3. The third-order valence-corrected chi connectivity index (χ3v) is 5.59. The summed E-state index contributed by atoms with van der Waals surface area (Å²) in [5.41, 5.74) is 6.22. The molecule has 0 aliphatic rings. The Morgan fingerprint density at radius 1 is 1.09 bits per heavy atom. The van der Waals surface area contributed by atoms with Crippen LogP contribution in [0.15, 0.2) is 43.5 Å². The monoisotopic (exact) mass is 322 g/mol. The number of rotatable bonds is 3.